The number of rotatable bonds is 7. The third kappa shape index (κ3) is 6.60. The van der Waals surface area contributed by atoms with E-state index in [-0.39, 0.29) is 0 Å². The summed E-state index contributed by atoms with van der Waals surface area (Å²) in [6, 6.07) is 5.48. The molecule has 0 saturated carbocycles. The monoisotopic (exact) mass is 322 g/mol. The molecule has 0 heterocycles. The van der Waals surface area contributed by atoms with Gasteiger partial charge in [0.15, 0.2) is 12.7 Å². The summed E-state index contributed by atoms with van der Waals surface area (Å²) in [5.74, 6) is -1.12. The van der Waals surface area contributed by atoms with Crippen molar-refractivity contribution in [2.24, 2.45) is 0 Å². The Balaban J connectivity index is 2.38. The molecule has 0 saturated heterocycles. The molecule has 0 aliphatic heterocycles. The number of nitrogens with one attached hydrogen (secondary N) is 2. The number of carbonyl (C=O) groups excluding carboxylic acids is 4. The predicted molar refractivity (Wildman–Crippen MR) is 80.1 cm³/mol. The summed E-state index contributed by atoms with van der Waals surface area (Å²) in [7, 11) is 0. The van der Waals surface area contributed by atoms with Crippen molar-refractivity contribution in [3.8, 4) is 5.75 Å². The molecule has 8 heteroatoms. The molecular formula is C15H18N2O6. The van der Waals surface area contributed by atoms with Gasteiger partial charge in [-0.3, -0.25) is 14.9 Å². The minimum Gasteiger partial charge on any atom is -0.482 e. The lowest BCUT2D eigenvalue weighted by atomic mass is 10.2. The summed E-state index contributed by atoms with van der Waals surface area (Å²) in [6.45, 7) is 3.00. The van der Waals surface area contributed by atoms with Crippen LogP contribution in [-0.4, -0.2) is 43.4 Å². The van der Waals surface area contributed by atoms with Crippen LogP contribution in [0, 0.1) is 0 Å². The highest BCUT2D eigenvalue weighted by Gasteiger charge is 2.19. The molecule has 23 heavy (non-hydrogen) atoms. The molecule has 1 rings (SSSR count). The van der Waals surface area contributed by atoms with Crippen molar-refractivity contribution in [1.82, 2.24) is 10.6 Å². The van der Waals surface area contributed by atoms with E-state index in [0.717, 1.165) is 0 Å². The molecule has 8 nitrogen and oxygen atoms in total. The summed E-state index contributed by atoms with van der Waals surface area (Å²) in [4.78, 5) is 44.8. The molecule has 1 aromatic rings. The van der Waals surface area contributed by atoms with Crippen LogP contribution in [-0.2, 0) is 14.3 Å². The number of hydrogen-bond acceptors (Lipinski definition) is 6. The Morgan fingerprint density at radius 2 is 1.87 bits per heavy atom. The average Bonchev–Trinajstić information content (AvgIpc) is 2.53. The van der Waals surface area contributed by atoms with Crippen LogP contribution in [0.2, 0.25) is 0 Å². The molecule has 0 fully saturated rings. The van der Waals surface area contributed by atoms with Crippen LogP contribution in [0.4, 0.5) is 4.79 Å². The molecule has 0 bridgehead atoms. The number of urea groups is 1. The maximum atomic E-state index is 11.6. The molecule has 1 atom stereocenters. The zero-order valence-corrected chi connectivity index (χ0v) is 12.8. The van der Waals surface area contributed by atoms with Crippen LogP contribution in [0.1, 0.15) is 24.2 Å². The summed E-state index contributed by atoms with van der Waals surface area (Å²) in [6.07, 6.45) is -0.446. The Labute approximate surface area is 133 Å². The lowest BCUT2D eigenvalue weighted by Crippen LogP contribution is -2.44. The van der Waals surface area contributed by atoms with Gasteiger partial charge in [-0.05, 0) is 38.1 Å². The van der Waals surface area contributed by atoms with E-state index in [9.17, 15) is 19.2 Å². The second-order valence-corrected chi connectivity index (χ2v) is 4.46. The quantitative estimate of drug-likeness (QED) is 0.563. The smallest absolute Gasteiger partial charge is 0.344 e. The molecular weight excluding hydrogens is 304 g/mol. The van der Waals surface area contributed by atoms with Crippen molar-refractivity contribution >= 4 is 24.2 Å². The van der Waals surface area contributed by atoms with E-state index in [4.69, 9.17) is 9.47 Å². The van der Waals surface area contributed by atoms with Crippen molar-refractivity contribution in [3.63, 3.8) is 0 Å². The van der Waals surface area contributed by atoms with Crippen LogP contribution in [0.3, 0.4) is 0 Å². The van der Waals surface area contributed by atoms with Gasteiger partial charge in [0.2, 0.25) is 0 Å². The fourth-order valence-electron chi connectivity index (χ4n) is 1.49. The van der Waals surface area contributed by atoms with E-state index < -0.39 is 30.6 Å². The summed E-state index contributed by atoms with van der Waals surface area (Å²) in [5.41, 5.74) is 0.482. The molecule has 0 unspecified atom stereocenters. The minimum atomic E-state index is -1.13. The first kappa shape index (κ1) is 18.1. The molecule has 0 radical (unpaired) electrons. The minimum absolute atomic E-state index is 0.365. The fourth-order valence-corrected chi connectivity index (χ4v) is 1.49. The van der Waals surface area contributed by atoms with E-state index >= 15 is 0 Å². The summed E-state index contributed by atoms with van der Waals surface area (Å²) < 4.78 is 10.0. The van der Waals surface area contributed by atoms with E-state index in [1.165, 1.54) is 31.2 Å². The van der Waals surface area contributed by atoms with Crippen molar-refractivity contribution in [2.45, 2.75) is 20.0 Å². The highest BCUT2D eigenvalue weighted by molar-refractivity contribution is 5.97. The Kier molecular flexibility index (Phi) is 7.25. The Bertz CT molecular complexity index is 570. The van der Waals surface area contributed by atoms with Crippen LogP contribution < -0.4 is 15.4 Å². The topological polar surface area (TPSA) is 111 Å². The van der Waals surface area contributed by atoms with Gasteiger partial charge in [-0.2, -0.15) is 0 Å². The molecule has 1 aromatic carbocycles. The maximum absolute atomic E-state index is 11.6. The zero-order chi connectivity index (χ0) is 17.2. The number of esters is 1. The molecule has 2 N–H and O–H groups in total. The summed E-state index contributed by atoms with van der Waals surface area (Å²) >= 11 is 0. The third-order valence-electron chi connectivity index (χ3n) is 2.62. The number of aldehydes is 1. The molecule has 124 valence electrons. The molecule has 0 spiro atoms. The zero-order valence-electron chi connectivity index (χ0n) is 12.8. The van der Waals surface area contributed by atoms with Crippen LogP contribution in [0.15, 0.2) is 24.3 Å². The molecule has 3 amide bonds. The van der Waals surface area contributed by atoms with Gasteiger partial charge in [-0.15, -0.1) is 0 Å². The third-order valence-corrected chi connectivity index (χ3v) is 2.62. The van der Waals surface area contributed by atoms with Gasteiger partial charge >= 0.3 is 12.0 Å². The van der Waals surface area contributed by atoms with E-state index in [1.807, 2.05) is 5.32 Å². The van der Waals surface area contributed by atoms with Gasteiger partial charge in [0.05, 0.1) is 0 Å². The lowest BCUT2D eigenvalue weighted by Gasteiger charge is -2.13. The molecule has 0 aliphatic rings. The van der Waals surface area contributed by atoms with Crippen LogP contribution >= 0.6 is 0 Å². The van der Waals surface area contributed by atoms with Crippen LogP contribution in [0.5, 0.6) is 5.75 Å². The fraction of sp³-hybridized carbons (Fsp3) is 0.333. The van der Waals surface area contributed by atoms with Gasteiger partial charge in [0.1, 0.15) is 12.0 Å². The number of imide groups is 1. The highest BCUT2D eigenvalue weighted by Crippen LogP contribution is 2.11. The van der Waals surface area contributed by atoms with Gasteiger partial charge in [0.25, 0.3) is 5.91 Å². The Morgan fingerprint density at radius 3 is 2.43 bits per heavy atom. The van der Waals surface area contributed by atoms with E-state index in [0.29, 0.717) is 24.1 Å². The second-order valence-electron chi connectivity index (χ2n) is 4.46. The lowest BCUT2D eigenvalue weighted by molar-refractivity contribution is -0.156. The van der Waals surface area contributed by atoms with Gasteiger partial charge < -0.3 is 14.8 Å². The number of carbonyl (C=O) groups is 4. The first-order valence-electron chi connectivity index (χ1n) is 6.92. The number of benzene rings is 1. The number of ether oxygens (including phenoxy) is 2. The van der Waals surface area contributed by atoms with Gasteiger partial charge in [0, 0.05) is 12.1 Å². The Hall–Kier alpha value is -2.90. The van der Waals surface area contributed by atoms with Crippen molar-refractivity contribution in [1.29, 1.82) is 0 Å². The van der Waals surface area contributed by atoms with Crippen LogP contribution in [0.25, 0.3) is 0 Å². The maximum Gasteiger partial charge on any atom is 0.344 e. The van der Waals surface area contributed by atoms with Crippen molar-refractivity contribution < 1.29 is 28.7 Å². The molecule has 0 aromatic heterocycles. The molecule has 0 aliphatic carbocycles. The summed E-state index contributed by atoms with van der Waals surface area (Å²) in [5, 5.41) is 4.41. The first-order chi connectivity index (χ1) is 11.0. The van der Waals surface area contributed by atoms with Gasteiger partial charge in [-0.25, -0.2) is 9.59 Å². The average molecular weight is 322 g/mol. The first-order valence-corrected chi connectivity index (χ1v) is 6.92. The standard InChI is InChI=1S/C15H18N2O6/c1-3-16-15(21)17-14(20)10(2)23-13(19)9-22-12-6-4-11(8-18)5-7-12/h4-8,10H,3,9H2,1-2H3,(H2,16,17,20,21)/t10-/m0/s1. The van der Waals surface area contributed by atoms with Gasteiger partial charge in [-0.1, -0.05) is 0 Å². The predicted octanol–water partition coefficient (Wildman–Crippen LogP) is 0.655. The van der Waals surface area contributed by atoms with Crippen molar-refractivity contribution in [3.05, 3.63) is 29.8 Å². The highest BCUT2D eigenvalue weighted by atomic mass is 16.6. The largest absolute Gasteiger partial charge is 0.482 e. The SMILES string of the molecule is CCNC(=O)NC(=O)[C@H](C)OC(=O)COc1ccc(C=O)cc1. The van der Waals surface area contributed by atoms with E-state index in [1.54, 1.807) is 6.92 Å². The van der Waals surface area contributed by atoms with Crippen molar-refractivity contribution in [2.75, 3.05) is 13.2 Å². The second kappa shape index (κ2) is 9.19. The Morgan fingerprint density at radius 1 is 1.22 bits per heavy atom. The normalized spacial score (nSPS) is 11.0. The number of amides is 3. The van der Waals surface area contributed by atoms with E-state index in [2.05, 4.69) is 5.32 Å². The number of hydrogen-bond donors (Lipinski definition) is 2.